The molecule has 0 bridgehead atoms. The van der Waals surface area contributed by atoms with Crippen LogP contribution in [0.5, 0.6) is 11.5 Å². The minimum atomic E-state index is -0.624. The first-order chi connectivity index (χ1) is 16.8. The number of carbonyl (C=O) groups excluding carboxylic acids is 2. The minimum Gasteiger partial charge on any atom is -0.490 e. The van der Waals surface area contributed by atoms with Crippen molar-refractivity contribution < 1.29 is 28.5 Å². The number of nitro groups is 1. The van der Waals surface area contributed by atoms with Gasteiger partial charge in [-0.3, -0.25) is 9.59 Å². The molecule has 0 aliphatic heterocycles. The number of ether oxygens (including phenoxy) is 2. The molecule has 0 radical (unpaired) electrons. The van der Waals surface area contributed by atoms with Crippen molar-refractivity contribution >= 4 is 17.6 Å². The first kappa shape index (κ1) is 25.1. The van der Waals surface area contributed by atoms with Gasteiger partial charge in [0.2, 0.25) is 0 Å². The lowest BCUT2D eigenvalue weighted by atomic mass is 10.2. The van der Waals surface area contributed by atoms with Gasteiger partial charge in [-0.05, 0) is 43.9 Å². The number of aromatic nitrogens is 4. The summed E-state index contributed by atoms with van der Waals surface area (Å²) in [5.41, 5.74) is 0.920. The topological polar surface area (TPSA) is 177 Å². The standard InChI is InChI=1S/C21H25N7O7/c1-4-33-15-7-6-14(11-16(15)34-5-2)19(29)22-8-9-23-20(30)21-24-17(26-35-21)12-27-13(3)10-18(25-27)28(31)32/h6-7,10-11H,4-5,8-9,12H2,1-3H3,(H,22,29)(H,23,30). The fourth-order valence-electron chi connectivity index (χ4n) is 3.01. The number of hydrogen-bond acceptors (Lipinski definition) is 10. The molecule has 186 valence electrons. The third kappa shape index (κ3) is 6.52. The number of aryl methyl sites for hydroxylation is 1. The molecule has 2 heterocycles. The summed E-state index contributed by atoms with van der Waals surface area (Å²) in [4.78, 5) is 38.9. The second-order valence-electron chi connectivity index (χ2n) is 7.11. The van der Waals surface area contributed by atoms with Gasteiger partial charge in [0.15, 0.2) is 17.3 Å². The second-order valence-corrected chi connectivity index (χ2v) is 7.11. The molecule has 3 rings (SSSR count). The van der Waals surface area contributed by atoms with Gasteiger partial charge in [0.25, 0.3) is 5.91 Å². The van der Waals surface area contributed by atoms with Crippen molar-refractivity contribution in [3.8, 4) is 11.5 Å². The Morgan fingerprint density at radius 2 is 1.77 bits per heavy atom. The molecule has 0 saturated carbocycles. The van der Waals surface area contributed by atoms with Crippen LogP contribution in [0.15, 0.2) is 28.8 Å². The number of benzene rings is 1. The summed E-state index contributed by atoms with van der Waals surface area (Å²) in [6.07, 6.45) is 0. The molecule has 1 aromatic carbocycles. The van der Waals surface area contributed by atoms with Gasteiger partial charge in [0.1, 0.15) is 6.54 Å². The predicted octanol–water partition coefficient (Wildman–Crippen LogP) is 1.49. The van der Waals surface area contributed by atoms with Crippen molar-refractivity contribution in [1.82, 2.24) is 30.6 Å². The van der Waals surface area contributed by atoms with Crippen LogP contribution >= 0.6 is 0 Å². The lowest BCUT2D eigenvalue weighted by molar-refractivity contribution is -0.389. The molecule has 0 spiro atoms. The normalized spacial score (nSPS) is 10.6. The number of nitrogens with zero attached hydrogens (tertiary/aromatic N) is 5. The van der Waals surface area contributed by atoms with Gasteiger partial charge in [-0.2, -0.15) is 9.67 Å². The van der Waals surface area contributed by atoms with E-state index in [0.717, 1.165) is 0 Å². The Hall–Kier alpha value is -4.49. The van der Waals surface area contributed by atoms with E-state index in [4.69, 9.17) is 14.0 Å². The maximum atomic E-state index is 12.4. The Labute approximate surface area is 199 Å². The molecule has 3 aromatic rings. The summed E-state index contributed by atoms with van der Waals surface area (Å²) in [6, 6.07) is 6.20. The molecule has 0 atom stereocenters. The quantitative estimate of drug-likeness (QED) is 0.216. The van der Waals surface area contributed by atoms with Gasteiger partial charge in [0, 0.05) is 18.7 Å². The number of rotatable bonds is 12. The lowest BCUT2D eigenvalue weighted by Gasteiger charge is -2.12. The summed E-state index contributed by atoms with van der Waals surface area (Å²) in [7, 11) is 0. The highest BCUT2D eigenvalue weighted by atomic mass is 16.6. The van der Waals surface area contributed by atoms with E-state index in [0.29, 0.717) is 36.0 Å². The second kappa shape index (κ2) is 11.6. The highest BCUT2D eigenvalue weighted by Gasteiger charge is 2.20. The number of hydrogen-bond donors (Lipinski definition) is 2. The molecule has 14 nitrogen and oxygen atoms in total. The minimum absolute atomic E-state index is 0.00166. The number of amides is 2. The van der Waals surface area contributed by atoms with E-state index in [1.807, 2.05) is 13.8 Å². The summed E-state index contributed by atoms with van der Waals surface area (Å²) < 4.78 is 17.3. The molecule has 0 unspecified atom stereocenters. The smallest absolute Gasteiger partial charge is 0.390 e. The van der Waals surface area contributed by atoms with Crippen LogP contribution in [0.3, 0.4) is 0 Å². The van der Waals surface area contributed by atoms with E-state index in [1.54, 1.807) is 25.1 Å². The first-order valence-corrected chi connectivity index (χ1v) is 10.8. The monoisotopic (exact) mass is 487 g/mol. The average molecular weight is 487 g/mol. The van der Waals surface area contributed by atoms with Crippen molar-refractivity contribution in [3.63, 3.8) is 0 Å². The molecule has 14 heteroatoms. The fraction of sp³-hybridized carbons (Fsp3) is 0.381. The fourth-order valence-corrected chi connectivity index (χ4v) is 3.01. The first-order valence-electron chi connectivity index (χ1n) is 10.8. The van der Waals surface area contributed by atoms with Gasteiger partial charge >= 0.3 is 17.6 Å². The highest BCUT2D eigenvalue weighted by Crippen LogP contribution is 2.28. The van der Waals surface area contributed by atoms with Crippen LogP contribution in [-0.2, 0) is 6.54 Å². The summed E-state index contributed by atoms with van der Waals surface area (Å²) in [6.45, 7) is 6.50. The molecule has 0 aliphatic rings. The van der Waals surface area contributed by atoms with E-state index in [1.165, 1.54) is 10.7 Å². The van der Waals surface area contributed by atoms with E-state index < -0.39 is 10.8 Å². The van der Waals surface area contributed by atoms with Crippen LogP contribution < -0.4 is 20.1 Å². The third-order valence-electron chi connectivity index (χ3n) is 4.61. The van der Waals surface area contributed by atoms with Gasteiger partial charge in [-0.1, -0.05) is 5.16 Å². The molecule has 35 heavy (non-hydrogen) atoms. The molecule has 0 fully saturated rings. The summed E-state index contributed by atoms with van der Waals surface area (Å²) in [5, 5.41) is 23.6. The van der Waals surface area contributed by atoms with E-state index >= 15 is 0 Å². The maximum absolute atomic E-state index is 12.4. The van der Waals surface area contributed by atoms with Crippen LogP contribution in [0.25, 0.3) is 0 Å². The zero-order valence-corrected chi connectivity index (χ0v) is 19.4. The van der Waals surface area contributed by atoms with Crippen molar-refractivity contribution in [3.05, 3.63) is 57.4 Å². The average Bonchev–Trinajstić information content (AvgIpc) is 3.45. The molecule has 2 amide bonds. The third-order valence-corrected chi connectivity index (χ3v) is 4.61. The van der Waals surface area contributed by atoms with Crippen LogP contribution in [0.2, 0.25) is 0 Å². The SMILES string of the molecule is CCOc1ccc(C(=O)NCCNC(=O)c2nc(Cn3nc([N+](=O)[O-])cc3C)no2)cc1OCC. The van der Waals surface area contributed by atoms with Crippen molar-refractivity contribution in [2.75, 3.05) is 26.3 Å². The van der Waals surface area contributed by atoms with Crippen molar-refractivity contribution in [2.24, 2.45) is 0 Å². The highest BCUT2D eigenvalue weighted by molar-refractivity contribution is 5.95. The number of carbonyl (C=O) groups is 2. The van der Waals surface area contributed by atoms with E-state index in [-0.39, 0.29) is 43.1 Å². The molecule has 0 saturated heterocycles. The Morgan fingerprint density at radius 1 is 1.09 bits per heavy atom. The van der Waals surface area contributed by atoms with Crippen LogP contribution in [0.1, 0.15) is 46.4 Å². The van der Waals surface area contributed by atoms with Gasteiger partial charge < -0.3 is 34.7 Å². The van der Waals surface area contributed by atoms with Gasteiger partial charge in [0.05, 0.1) is 30.1 Å². The largest absolute Gasteiger partial charge is 0.490 e. The zero-order valence-electron chi connectivity index (χ0n) is 19.4. The zero-order chi connectivity index (χ0) is 25.4. The maximum Gasteiger partial charge on any atom is 0.390 e. The molecule has 2 aromatic heterocycles. The van der Waals surface area contributed by atoms with Crippen LogP contribution in [0, 0.1) is 17.0 Å². The number of nitrogens with one attached hydrogen (secondary N) is 2. The molecular formula is C21H25N7O7. The van der Waals surface area contributed by atoms with E-state index in [2.05, 4.69) is 25.9 Å². The van der Waals surface area contributed by atoms with Crippen molar-refractivity contribution in [1.29, 1.82) is 0 Å². The summed E-state index contributed by atoms with van der Waals surface area (Å²) >= 11 is 0. The van der Waals surface area contributed by atoms with Crippen LogP contribution in [0.4, 0.5) is 5.82 Å². The lowest BCUT2D eigenvalue weighted by Crippen LogP contribution is -2.34. The van der Waals surface area contributed by atoms with E-state index in [9.17, 15) is 19.7 Å². The molecule has 0 aliphatic carbocycles. The Bertz CT molecular complexity index is 1200. The van der Waals surface area contributed by atoms with Crippen LogP contribution in [-0.4, -0.2) is 63.0 Å². The molecular weight excluding hydrogens is 462 g/mol. The molecule has 2 N–H and O–H groups in total. The summed E-state index contributed by atoms with van der Waals surface area (Å²) in [5.74, 6) is -0.387. The Balaban J connectivity index is 1.48. The Morgan fingerprint density at radius 3 is 2.43 bits per heavy atom. The van der Waals surface area contributed by atoms with Gasteiger partial charge in [-0.25, -0.2) is 0 Å². The Kier molecular flexibility index (Phi) is 8.32. The predicted molar refractivity (Wildman–Crippen MR) is 120 cm³/mol. The van der Waals surface area contributed by atoms with Crippen molar-refractivity contribution in [2.45, 2.75) is 27.3 Å². The van der Waals surface area contributed by atoms with Gasteiger partial charge in [-0.15, -0.1) is 0 Å².